The molecular formula is C27H27F2N7. The van der Waals surface area contributed by atoms with E-state index < -0.39 is 0 Å². The van der Waals surface area contributed by atoms with E-state index in [-0.39, 0.29) is 17.7 Å². The van der Waals surface area contributed by atoms with Crippen LogP contribution in [-0.2, 0) is 13.5 Å². The van der Waals surface area contributed by atoms with Gasteiger partial charge in [-0.15, -0.1) is 0 Å². The Hall–Kier alpha value is -3.85. The van der Waals surface area contributed by atoms with Crippen LogP contribution in [0.3, 0.4) is 0 Å². The molecule has 9 heteroatoms. The number of imidazole rings is 1. The van der Waals surface area contributed by atoms with Crippen LogP contribution in [0.25, 0.3) is 33.7 Å². The molecule has 0 amide bonds. The topological polar surface area (TPSA) is 65.5 Å². The zero-order chi connectivity index (χ0) is 25.3. The van der Waals surface area contributed by atoms with Crippen molar-refractivity contribution in [1.82, 2.24) is 34.4 Å². The van der Waals surface area contributed by atoms with E-state index in [1.807, 2.05) is 29.8 Å². The molecule has 0 radical (unpaired) electrons. The summed E-state index contributed by atoms with van der Waals surface area (Å²) in [6, 6.07) is 7.30. The molecule has 0 spiro atoms. The summed E-state index contributed by atoms with van der Waals surface area (Å²) in [5, 5.41) is 13.1. The van der Waals surface area contributed by atoms with Crippen LogP contribution in [0.4, 0.5) is 8.78 Å². The van der Waals surface area contributed by atoms with Gasteiger partial charge in [-0.05, 0) is 63.1 Å². The SMILES string of the molecule is Cc1cc(-n2nc3c(c2-c2ncn(-c4ccc5c(cnn5C)c4F)c2C)[C@H](C)NCC3)cc(C)c1F. The Labute approximate surface area is 207 Å². The molecule has 3 aromatic heterocycles. The highest BCUT2D eigenvalue weighted by Gasteiger charge is 2.30. The second-order valence-electron chi connectivity index (χ2n) is 9.59. The van der Waals surface area contributed by atoms with Gasteiger partial charge in [0.05, 0.1) is 39.9 Å². The molecule has 0 bridgehead atoms. The lowest BCUT2D eigenvalue weighted by molar-refractivity contribution is 0.538. The van der Waals surface area contributed by atoms with Crippen LogP contribution in [0.5, 0.6) is 0 Å². The van der Waals surface area contributed by atoms with E-state index in [4.69, 9.17) is 10.1 Å². The summed E-state index contributed by atoms with van der Waals surface area (Å²) in [6.45, 7) is 8.39. The first kappa shape index (κ1) is 22.6. The summed E-state index contributed by atoms with van der Waals surface area (Å²) < 4.78 is 35.3. The Balaban J connectivity index is 1.58. The number of hydrogen-bond donors (Lipinski definition) is 1. The quantitative estimate of drug-likeness (QED) is 0.388. The molecule has 7 nitrogen and oxygen atoms in total. The molecule has 6 rings (SSSR count). The molecule has 0 saturated heterocycles. The number of hydrogen-bond acceptors (Lipinski definition) is 4. The molecule has 184 valence electrons. The third-order valence-corrected chi connectivity index (χ3v) is 7.24. The number of aryl methyl sites for hydroxylation is 3. The lowest BCUT2D eigenvalue weighted by Crippen LogP contribution is -2.27. The minimum atomic E-state index is -0.344. The fourth-order valence-corrected chi connectivity index (χ4v) is 5.34. The smallest absolute Gasteiger partial charge is 0.158 e. The molecule has 1 atom stereocenters. The molecule has 0 aliphatic carbocycles. The summed E-state index contributed by atoms with van der Waals surface area (Å²) >= 11 is 0. The molecule has 1 aliphatic heterocycles. The van der Waals surface area contributed by atoms with E-state index in [1.54, 1.807) is 48.7 Å². The monoisotopic (exact) mass is 487 g/mol. The average molecular weight is 488 g/mol. The van der Waals surface area contributed by atoms with Crippen molar-refractivity contribution in [3.05, 3.63) is 76.5 Å². The molecule has 1 N–H and O–H groups in total. The van der Waals surface area contributed by atoms with Gasteiger partial charge in [-0.2, -0.15) is 10.2 Å². The predicted molar refractivity (Wildman–Crippen MR) is 135 cm³/mol. The van der Waals surface area contributed by atoms with Crippen LogP contribution in [-0.4, -0.2) is 35.7 Å². The Kier molecular flexibility index (Phi) is 5.08. The third kappa shape index (κ3) is 3.22. The van der Waals surface area contributed by atoms with Crippen LogP contribution in [0.15, 0.2) is 36.8 Å². The second-order valence-corrected chi connectivity index (χ2v) is 9.59. The zero-order valence-electron chi connectivity index (χ0n) is 20.9. The van der Waals surface area contributed by atoms with Crippen LogP contribution >= 0.6 is 0 Å². The second kappa shape index (κ2) is 8.09. The number of benzene rings is 2. The van der Waals surface area contributed by atoms with E-state index in [9.17, 15) is 4.39 Å². The molecule has 2 aromatic carbocycles. The van der Waals surface area contributed by atoms with E-state index in [0.29, 0.717) is 27.9 Å². The van der Waals surface area contributed by atoms with Gasteiger partial charge in [-0.1, -0.05) is 0 Å². The normalized spacial score (nSPS) is 15.6. The lowest BCUT2D eigenvalue weighted by atomic mass is 9.97. The Bertz CT molecular complexity index is 1630. The highest BCUT2D eigenvalue weighted by Crippen LogP contribution is 2.37. The fourth-order valence-electron chi connectivity index (χ4n) is 5.34. The first-order valence-electron chi connectivity index (χ1n) is 12.0. The summed E-state index contributed by atoms with van der Waals surface area (Å²) in [7, 11) is 1.79. The van der Waals surface area contributed by atoms with Crippen LogP contribution in [0, 0.1) is 32.4 Å². The largest absolute Gasteiger partial charge is 0.310 e. The van der Waals surface area contributed by atoms with Gasteiger partial charge >= 0.3 is 0 Å². The summed E-state index contributed by atoms with van der Waals surface area (Å²) in [6.07, 6.45) is 3.97. The highest BCUT2D eigenvalue weighted by molar-refractivity contribution is 5.82. The molecule has 36 heavy (non-hydrogen) atoms. The van der Waals surface area contributed by atoms with E-state index in [0.717, 1.165) is 46.8 Å². The van der Waals surface area contributed by atoms with Crippen molar-refractivity contribution >= 4 is 10.9 Å². The zero-order valence-corrected chi connectivity index (χ0v) is 20.9. The van der Waals surface area contributed by atoms with Gasteiger partial charge in [-0.3, -0.25) is 9.25 Å². The summed E-state index contributed by atoms with van der Waals surface area (Å²) in [4.78, 5) is 4.76. The van der Waals surface area contributed by atoms with Crippen molar-refractivity contribution in [2.24, 2.45) is 7.05 Å². The fraction of sp³-hybridized carbons (Fsp3) is 0.296. The van der Waals surface area contributed by atoms with Crippen molar-refractivity contribution in [1.29, 1.82) is 0 Å². The Morgan fingerprint density at radius 3 is 2.56 bits per heavy atom. The number of halogens is 2. The first-order chi connectivity index (χ1) is 17.3. The number of nitrogens with zero attached hydrogens (tertiary/aromatic N) is 6. The molecule has 1 aliphatic rings. The van der Waals surface area contributed by atoms with Crippen molar-refractivity contribution in [3.8, 4) is 22.8 Å². The molecule has 5 aromatic rings. The maximum absolute atomic E-state index is 15.5. The van der Waals surface area contributed by atoms with Crippen molar-refractivity contribution < 1.29 is 8.78 Å². The third-order valence-electron chi connectivity index (χ3n) is 7.24. The van der Waals surface area contributed by atoms with Crippen molar-refractivity contribution in [2.45, 2.75) is 40.2 Å². The number of rotatable bonds is 3. The van der Waals surface area contributed by atoms with Gasteiger partial charge in [0, 0.05) is 37.3 Å². The van der Waals surface area contributed by atoms with E-state index in [1.165, 1.54) is 0 Å². The molecule has 4 heterocycles. The first-order valence-corrected chi connectivity index (χ1v) is 12.0. The minimum absolute atomic E-state index is 0.0631. The Morgan fingerprint density at radius 2 is 1.81 bits per heavy atom. The van der Waals surface area contributed by atoms with Crippen LogP contribution in [0.1, 0.15) is 41.0 Å². The molecular weight excluding hydrogens is 460 g/mol. The van der Waals surface area contributed by atoms with E-state index in [2.05, 4.69) is 17.3 Å². The van der Waals surface area contributed by atoms with Crippen molar-refractivity contribution in [2.75, 3.05) is 6.54 Å². The predicted octanol–water partition coefficient (Wildman–Crippen LogP) is 5.02. The summed E-state index contributed by atoms with van der Waals surface area (Å²) in [5.41, 5.74) is 7.43. The van der Waals surface area contributed by atoms with Gasteiger partial charge in [0.15, 0.2) is 5.82 Å². The number of fused-ring (bicyclic) bond motifs is 2. The molecule has 0 saturated carbocycles. The highest BCUT2D eigenvalue weighted by atomic mass is 19.1. The van der Waals surface area contributed by atoms with Gasteiger partial charge in [0.25, 0.3) is 0 Å². The van der Waals surface area contributed by atoms with Crippen molar-refractivity contribution in [3.63, 3.8) is 0 Å². The maximum atomic E-state index is 15.5. The number of aromatic nitrogens is 6. The minimum Gasteiger partial charge on any atom is -0.310 e. The van der Waals surface area contributed by atoms with Crippen LogP contribution in [0.2, 0.25) is 0 Å². The van der Waals surface area contributed by atoms with Gasteiger partial charge < -0.3 is 5.32 Å². The van der Waals surface area contributed by atoms with Gasteiger partial charge in [0.2, 0.25) is 0 Å². The summed E-state index contributed by atoms with van der Waals surface area (Å²) in [5.74, 6) is -0.558. The molecule has 0 fully saturated rings. The van der Waals surface area contributed by atoms with Crippen LogP contribution < -0.4 is 5.32 Å². The van der Waals surface area contributed by atoms with E-state index >= 15 is 4.39 Å². The van der Waals surface area contributed by atoms with Gasteiger partial charge in [-0.25, -0.2) is 18.4 Å². The molecule has 0 unspecified atom stereocenters. The Morgan fingerprint density at radius 1 is 1.06 bits per heavy atom. The number of nitrogens with one attached hydrogen (secondary N) is 1. The standard InChI is InChI=1S/C27H27F2N7/c1-14-10-18(11-15(2)24(14)28)36-27(23-16(3)30-9-8-20(23)33-36)26-17(4)35(13-31-26)22-7-6-21-19(25(22)29)12-32-34(21)5/h6-7,10-13,16,30H,8-9H2,1-5H3/t16-/m0/s1. The van der Waals surface area contributed by atoms with Gasteiger partial charge in [0.1, 0.15) is 17.8 Å². The maximum Gasteiger partial charge on any atom is 0.158 e. The lowest BCUT2D eigenvalue weighted by Gasteiger charge is -2.21. The average Bonchev–Trinajstić information content (AvgIpc) is 3.53.